The number of carbonyl (C=O) groups is 1. The molecule has 1 saturated heterocycles. The van der Waals surface area contributed by atoms with E-state index in [1.807, 2.05) is 19.1 Å². The van der Waals surface area contributed by atoms with Gasteiger partial charge in [-0.1, -0.05) is 0 Å². The normalized spacial score (nSPS) is 20.1. The van der Waals surface area contributed by atoms with Crippen LogP contribution < -0.4 is 10.6 Å². The van der Waals surface area contributed by atoms with Gasteiger partial charge in [0.15, 0.2) is 0 Å². The number of amides is 1. The molecule has 0 bridgehead atoms. The van der Waals surface area contributed by atoms with Crippen molar-refractivity contribution in [2.75, 3.05) is 30.8 Å². The minimum absolute atomic E-state index is 0.0299. The molecule has 1 fully saturated rings. The van der Waals surface area contributed by atoms with Gasteiger partial charge < -0.3 is 15.5 Å². The van der Waals surface area contributed by atoms with Crippen LogP contribution in [0.5, 0.6) is 0 Å². The molecule has 0 aromatic heterocycles. The van der Waals surface area contributed by atoms with Gasteiger partial charge in [-0.3, -0.25) is 4.79 Å². The van der Waals surface area contributed by atoms with E-state index < -0.39 is 0 Å². The van der Waals surface area contributed by atoms with Crippen LogP contribution in [0.25, 0.3) is 0 Å². The summed E-state index contributed by atoms with van der Waals surface area (Å²) >= 11 is 0. The summed E-state index contributed by atoms with van der Waals surface area (Å²) in [6.07, 6.45) is 2.47. The first-order valence-electron chi connectivity index (χ1n) is 6.88. The molecule has 104 valence electrons. The fourth-order valence-electron chi connectivity index (χ4n) is 2.60. The third-order valence-corrected chi connectivity index (χ3v) is 3.53. The van der Waals surface area contributed by atoms with E-state index in [1.165, 1.54) is 26.3 Å². The number of rotatable bonds is 3. The Morgan fingerprint density at radius 2 is 2.21 bits per heavy atom. The van der Waals surface area contributed by atoms with Gasteiger partial charge in [0, 0.05) is 30.9 Å². The van der Waals surface area contributed by atoms with Gasteiger partial charge in [0.2, 0.25) is 5.91 Å². The zero-order valence-electron chi connectivity index (χ0n) is 12.0. The van der Waals surface area contributed by atoms with Crippen molar-refractivity contribution in [3.8, 4) is 0 Å². The summed E-state index contributed by atoms with van der Waals surface area (Å²) in [6, 6.07) is 6.61. The van der Waals surface area contributed by atoms with Crippen LogP contribution in [-0.4, -0.2) is 37.0 Å². The number of likely N-dealkylation sites (tertiary alicyclic amines) is 1. The van der Waals surface area contributed by atoms with Crippen molar-refractivity contribution in [2.45, 2.75) is 32.7 Å². The van der Waals surface area contributed by atoms with Gasteiger partial charge in [0.25, 0.3) is 0 Å². The predicted molar refractivity (Wildman–Crippen MR) is 79.6 cm³/mol. The zero-order valence-corrected chi connectivity index (χ0v) is 12.0. The van der Waals surface area contributed by atoms with Crippen molar-refractivity contribution in [3.63, 3.8) is 0 Å². The quantitative estimate of drug-likeness (QED) is 0.878. The Labute approximate surface area is 115 Å². The molecule has 0 spiro atoms. The molecule has 1 unspecified atom stereocenters. The first kappa shape index (κ1) is 13.9. The van der Waals surface area contributed by atoms with E-state index >= 15 is 0 Å². The maximum Gasteiger partial charge on any atom is 0.221 e. The van der Waals surface area contributed by atoms with Crippen LogP contribution in [0.15, 0.2) is 18.2 Å². The summed E-state index contributed by atoms with van der Waals surface area (Å²) in [4.78, 5) is 13.4. The second-order valence-corrected chi connectivity index (χ2v) is 5.46. The monoisotopic (exact) mass is 261 g/mol. The number of piperidine rings is 1. The van der Waals surface area contributed by atoms with E-state index in [0.29, 0.717) is 6.04 Å². The second-order valence-electron chi connectivity index (χ2n) is 5.46. The molecule has 0 radical (unpaired) electrons. The minimum Gasteiger partial charge on any atom is -0.381 e. The van der Waals surface area contributed by atoms with Gasteiger partial charge >= 0.3 is 0 Å². The molecule has 1 aromatic carbocycles. The van der Waals surface area contributed by atoms with Crippen LogP contribution >= 0.6 is 0 Å². The molecule has 4 heteroatoms. The van der Waals surface area contributed by atoms with E-state index in [9.17, 15) is 4.79 Å². The van der Waals surface area contributed by atoms with Gasteiger partial charge in [-0.25, -0.2) is 0 Å². The number of aryl methyl sites for hydroxylation is 1. The van der Waals surface area contributed by atoms with Crippen LogP contribution in [0, 0.1) is 6.92 Å². The molecule has 1 amide bonds. The molecule has 1 aliphatic rings. The van der Waals surface area contributed by atoms with Crippen molar-refractivity contribution < 1.29 is 4.79 Å². The van der Waals surface area contributed by atoms with Gasteiger partial charge in [-0.15, -0.1) is 0 Å². The molecule has 1 heterocycles. The number of carbonyl (C=O) groups excluding carboxylic acids is 1. The average Bonchev–Trinajstić information content (AvgIpc) is 2.32. The van der Waals surface area contributed by atoms with Crippen molar-refractivity contribution in [1.82, 2.24) is 4.90 Å². The minimum atomic E-state index is -0.0299. The highest BCUT2D eigenvalue weighted by Gasteiger charge is 2.16. The van der Waals surface area contributed by atoms with Crippen molar-refractivity contribution in [3.05, 3.63) is 23.8 Å². The number of anilines is 2. The van der Waals surface area contributed by atoms with E-state index in [0.717, 1.165) is 23.5 Å². The maximum atomic E-state index is 11.1. The van der Waals surface area contributed by atoms with Crippen LogP contribution in [0.3, 0.4) is 0 Å². The van der Waals surface area contributed by atoms with Crippen molar-refractivity contribution in [1.29, 1.82) is 0 Å². The number of likely N-dealkylation sites (N-methyl/N-ethyl adjacent to an activating group) is 1. The Balaban J connectivity index is 2.01. The van der Waals surface area contributed by atoms with E-state index in [-0.39, 0.29) is 5.91 Å². The summed E-state index contributed by atoms with van der Waals surface area (Å²) in [7, 11) is 2.17. The summed E-state index contributed by atoms with van der Waals surface area (Å²) in [5.74, 6) is -0.0299. The molecule has 1 atom stereocenters. The summed E-state index contributed by atoms with van der Waals surface area (Å²) in [5.41, 5.74) is 3.11. The average molecular weight is 261 g/mol. The Hall–Kier alpha value is -1.55. The summed E-state index contributed by atoms with van der Waals surface area (Å²) < 4.78 is 0. The number of hydrogen-bond donors (Lipinski definition) is 2. The lowest BCUT2D eigenvalue weighted by atomic mass is 10.1. The highest BCUT2D eigenvalue weighted by molar-refractivity contribution is 5.89. The molecule has 2 N–H and O–H groups in total. The molecule has 19 heavy (non-hydrogen) atoms. The first-order valence-corrected chi connectivity index (χ1v) is 6.88. The van der Waals surface area contributed by atoms with Crippen molar-refractivity contribution in [2.24, 2.45) is 0 Å². The molecule has 4 nitrogen and oxygen atoms in total. The van der Waals surface area contributed by atoms with Gasteiger partial charge in [-0.05, 0) is 57.1 Å². The first-order chi connectivity index (χ1) is 9.04. The van der Waals surface area contributed by atoms with Crippen LogP contribution in [-0.2, 0) is 4.79 Å². The predicted octanol–water partition coefficient (Wildman–Crippen LogP) is 2.46. The highest BCUT2D eigenvalue weighted by atomic mass is 16.1. The number of benzene rings is 1. The lowest BCUT2D eigenvalue weighted by Crippen LogP contribution is -2.39. The Kier molecular flexibility index (Phi) is 4.43. The molecule has 1 aromatic rings. The fraction of sp³-hybridized carbons (Fsp3) is 0.533. The van der Waals surface area contributed by atoms with Crippen LogP contribution in [0.2, 0.25) is 0 Å². The maximum absolute atomic E-state index is 11.1. The topological polar surface area (TPSA) is 44.4 Å². The van der Waals surface area contributed by atoms with Gasteiger partial charge in [0.1, 0.15) is 0 Å². The summed E-state index contributed by atoms with van der Waals surface area (Å²) in [6.45, 7) is 5.83. The third kappa shape index (κ3) is 3.96. The smallest absolute Gasteiger partial charge is 0.221 e. The Morgan fingerprint density at radius 1 is 1.42 bits per heavy atom. The number of nitrogens with zero attached hydrogens (tertiary/aromatic N) is 1. The van der Waals surface area contributed by atoms with E-state index in [2.05, 4.69) is 28.6 Å². The van der Waals surface area contributed by atoms with E-state index in [1.54, 1.807) is 0 Å². The highest BCUT2D eigenvalue weighted by Crippen LogP contribution is 2.21. The molecule has 0 aliphatic carbocycles. The van der Waals surface area contributed by atoms with E-state index in [4.69, 9.17) is 0 Å². The fourth-order valence-corrected chi connectivity index (χ4v) is 2.60. The van der Waals surface area contributed by atoms with Crippen molar-refractivity contribution >= 4 is 17.3 Å². The number of hydrogen-bond acceptors (Lipinski definition) is 3. The van der Waals surface area contributed by atoms with Gasteiger partial charge in [-0.2, -0.15) is 0 Å². The molecule has 0 saturated carbocycles. The van der Waals surface area contributed by atoms with Gasteiger partial charge in [0.05, 0.1) is 0 Å². The third-order valence-electron chi connectivity index (χ3n) is 3.53. The SMILES string of the molecule is CC(=O)Nc1ccc(NC2CCCN(C)C2)cc1C. The number of nitrogens with one attached hydrogen (secondary N) is 2. The van der Waals surface area contributed by atoms with Crippen LogP contribution in [0.4, 0.5) is 11.4 Å². The second kappa shape index (κ2) is 6.06. The molecular formula is C15H23N3O. The Bertz CT molecular complexity index is 459. The standard InChI is InChI=1S/C15H23N3O/c1-11-9-13(6-7-15(11)16-12(2)19)17-14-5-4-8-18(3)10-14/h6-7,9,14,17H,4-5,8,10H2,1-3H3,(H,16,19). The summed E-state index contributed by atoms with van der Waals surface area (Å²) in [5, 5.41) is 6.41. The lowest BCUT2D eigenvalue weighted by molar-refractivity contribution is -0.114. The zero-order chi connectivity index (χ0) is 13.8. The lowest BCUT2D eigenvalue weighted by Gasteiger charge is -2.31. The largest absolute Gasteiger partial charge is 0.381 e. The molecular weight excluding hydrogens is 238 g/mol. The molecule has 1 aliphatic heterocycles. The van der Waals surface area contributed by atoms with Crippen LogP contribution in [0.1, 0.15) is 25.3 Å². The Morgan fingerprint density at radius 3 is 2.84 bits per heavy atom. The molecule has 2 rings (SSSR count).